The molecule has 1 heteroatoms. The quantitative estimate of drug-likeness (QED) is 0.641. The van der Waals surface area contributed by atoms with Crippen LogP contribution in [0.25, 0.3) is 0 Å². The van der Waals surface area contributed by atoms with E-state index in [1.54, 1.807) is 5.57 Å². The monoisotopic (exact) mass is 220 g/mol. The first-order chi connectivity index (χ1) is 7.31. The van der Waals surface area contributed by atoms with Crippen LogP contribution in [0, 0.1) is 17.3 Å². The second kappa shape index (κ2) is 3.73. The minimum atomic E-state index is 0.561. The van der Waals surface area contributed by atoms with Gasteiger partial charge in [0.2, 0.25) is 0 Å². The van der Waals surface area contributed by atoms with Crippen LogP contribution in [0.1, 0.15) is 26.7 Å². The van der Waals surface area contributed by atoms with Crippen molar-refractivity contribution in [3.05, 3.63) is 23.8 Å². The van der Waals surface area contributed by atoms with Gasteiger partial charge in [-0.05, 0) is 41.7 Å². The molecular weight excluding hydrogens is 194 g/mol. The van der Waals surface area contributed by atoms with Gasteiger partial charge >= 0.3 is 0 Å². The number of likely N-dealkylation sites (N-methyl/N-ethyl adjacent to an activating group) is 1. The predicted molar refractivity (Wildman–Crippen MR) is 70.1 cm³/mol. The van der Waals surface area contributed by atoms with Crippen LogP contribution in [0.15, 0.2) is 23.8 Å². The van der Waals surface area contributed by atoms with Crippen molar-refractivity contribution >= 4 is 0 Å². The highest BCUT2D eigenvalue weighted by Crippen LogP contribution is 2.59. The molecule has 3 aliphatic carbocycles. The number of fused-ring (bicyclic) bond motifs is 1. The predicted octanol–water partition coefficient (Wildman–Crippen LogP) is 3.24. The van der Waals surface area contributed by atoms with E-state index in [1.165, 1.54) is 12.8 Å². The Kier molecular flexibility index (Phi) is 2.78. The molecule has 0 radical (unpaired) electrons. The first-order valence-electron chi connectivity index (χ1n) is 6.48. The number of nitrogens with zero attached hydrogens (tertiary/aromatic N) is 1. The van der Waals surface area contributed by atoms with E-state index in [0.29, 0.717) is 5.41 Å². The van der Waals surface area contributed by atoms with E-state index < -0.39 is 0 Å². The third kappa shape index (κ3) is 2.10. The zero-order valence-electron chi connectivity index (χ0n) is 11.5. The SMILES string of the molecule is CC1(C)C2CC=C(/C=C/C[N+](C)(C)C)C1C2. The minimum absolute atomic E-state index is 0.561. The molecule has 0 aliphatic heterocycles. The Bertz CT molecular complexity index is 328. The van der Waals surface area contributed by atoms with Crippen LogP contribution in [-0.4, -0.2) is 32.2 Å². The van der Waals surface area contributed by atoms with Crippen molar-refractivity contribution in [1.29, 1.82) is 0 Å². The maximum atomic E-state index is 2.47. The normalized spacial score (nSPS) is 32.4. The Morgan fingerprint density at radius 1 is 1.38 bits per heavy atom. The molecule has 0 heterocycles. The van der Waals surface area contributed by atoms with Gasteiger partial charge in [-0.25, -0.2) is 0 Å². The van der Waals surface area contributed by atoms with Crippen LogP contribution >= 0.6 is 0 Å². The minimum Gasteiger partial charge on any atom is -0.328 e. The summed E-state index contributed by atoms with van der Waals surface area (Å²) in [5.74, 6) is 1.78. The lowest BCUT2D eigenvalue weighted by atomic mass is 9.49. The molecular formula is C15H26N+. The van der Waals surface area contributed by atoms with E-state index in [1.807, 2.05) is 0 Å². The van der Waals surface area contributed by atoms with Crippen LogP contribution < -0.4 is 0 Å². The van der Waals surface area contributed by atoms with Gasteiger partial charge in [-0.15, -0.1) is 0 Å². The van der Waals surface area contributed by atoms with Gasteiger partial charge < -0.3 is 4.48 Å². The van der Waals surface area contributed by atoms with Gasteiger partial charge in [0.05, 0.1) is 27.7 Å². The molecule has 0 aromatic rings. The van der Waals surface area contributed by atoms with Gasteiger partial charge in [0.1, 0.15) is 0 Å². The van der Waals surface area contributed by atoms with E-state index in [0.717, 1.165) is 22.9 Å². The molecule has 2 unspecified atom stereocenters. The second-order valence-electron chi connectivity index (χ2n) is 7.12. The van der Waals surface area contributed by atoms with Gasteiger partial charge in [0.15, 0.2) is 0 Å². The van der Waals surface area contributed by atoms with Gasteiger partial charge in [-0.1, -0.05) is 26.0 Å². The first-order valence-corrected chi connectivity index (χ1v) is 6.48. The Labute approximate surface area is 100 Å². The van der Waals surface area contributed by atoms with E-state index >= 15 is 0 Å². The molecule has 3 rings (SSSR count). The van der Waals surface area contributed by atoms with E-state index in [2.05, 4.69) is 53.2 Å². The van der Waals surface area contributed by atoms with Crippen molar-refractivity contribution in [3.63, 3.8) is 0 Å². The fourth-order valence-corrected chi connectivity index (χ4v) is 3.09. The summed E-state index contributed by atoms with van der Waals surface area (Å²) in [6, 6.07) is 0. The topological polar surface area (TPSA) is 0 Å². The molecule has 0 aromatic carbocycles. The average molecular weight is 220 g/mol. The standard InChI is InChI=1S/C15H26N/c1-15(2)13-9-8-12(14(15)11-13)7-6-10-16(3,4)5/h6-8,13-14H,9-11H2,1-5H3/q+1/b7-6+. The molecule has 16 heavy (non-hydrogen) atoms. The van der Waals surface area contributed by atoms with E-state index in [9.17, 15) is 0 Å². The zero-order chi connectivity index (χ0) is 12.0. The lowest BCUT2D eigenvalue weighted by Crippen LogP contribution is -2.47. The van der Waals surface area contributed by atoms with Crippen molar-refractivity contribution in [2.24, 2.45) is 17.3 Å². The van der Waals surface area contributed by atoms with Gasteiger partial charge in [0.25, 0.3) is 0 Å². The smallest absolute Gasteiger partial charge is 0.0970 e. The highest BCUT2D eigenvalue weighted by molar-refractivity contribution is 5.31. The van der Waals surface area contributed by atoms with Crippen molar-refractivity contribution < 1.29 is 4.48 Å². The molecule has 1 saturated carbocycles. The van der Waals surface area contributed by atoms with E-state index in [4.69, 9.17) is 0 Å². The number of quaternary nitrogens is 1. The summed E-state index contributed by atoms with van der Waals surface area (Å²) in [5, 5.41) is 0. The number of hydrogen-bond donors (Lipinski definition) is 0. The van der Waals surface area contributed by atoms with Crippen LogP contribution in [0.3, 0.4) is 0 Å². The van der Waals surface area contributed by atoms with Crippen LogP contribution in [0.2, 0.25) is 0 Å². The maximum Gasteiger partial charge on any atom is 0.0970 e. The summed E-state index contributed by atoms with van der Waals surface area (Å²) in [5.41, 5.74) is 2.16. The zero-order valence-corrected chi connectivity index (χ0v) is 11.5. The Hall–Kier alpha value is -0.560. The lowest BCUT2D eigenvalue weighted by molar-refractivity contribution is -0.864. The Morgan fingerprint density at radius 3 is 2.56 bits per heavy atom. The van der Waals surface area contributed by atoms with Crippen LogP contribution in [0.5, 0.6) is 0 Å². The summed E-state index contributed by atoms with van der Waals surface area (Å²) >= 11 is 0. The maximum absolute atomic E-state index is 2.47. The number of hydrogen-bond acceptors (Lipinski definition) is 0. The number of allylic oxidation sites excluding steroid dienone is 3. The molecule has 3 aliphatic rings. The molecule has 2 atom stereocenters. The molecule has 0 N–H and O–H groups in total. The van der Waals surface area contributed by atoms with Crippen LogP contribution in [0.4, 0.5) is 0 Å². The molecule has 0 amide bonds. The molecule has 0 saturated heterocycles. The summed E-state index contributed by atoms with van der Waals surface area (Å²) < 4.78 is 1.01. The molecule has 0 aromatic heterocycles. The Morgan fingerprint density at radius 2 is 2.06 bits per heavy atom. The summed E-state index contributed by atoms with van der Waals surface area (Å²) in [6.07, 6.45) is 9.92. The highest BCUT2D eigenvalue weighted by Gasteiger charge is 2.50. The molecule has 2 bridgehead atoms. The third-order valence-corrected chi connectivity index (χ3v) is 4.47. The molecule has 90 valence electrons. The van der Waals surface area contributed by atoms with Crippen molar-refractivity contribution in [3.8, 4) is 0 Å². The largest absolute Gasteiger partial charge is 0.328 e. The Balaban J connectivity index is 1.99. The molecule has 1 fully saturated rings. The van der Waals surface area contributed by atoms with Crippen molar-refractivity contribution in [2.45, 2.75) is 26.7 Å². The van der Waals surface area contributed by atoms with E-state index in [-0.39, 0.29) is 0 Å². The number of rotatable bonds is 3. The summed E-state index contributed by atoms with van der Waals surface area (Å²) in [4.78, 5) is 0. The second-order valence-corrected chi connectivity index (χ2v) is 7.12. The molecule has 0 spiro atoms. The van der Waals surface area contributed by atoms with Crippen molar-refractivity contribution in [1.82, 2.24) is 0 Å². The van der Waals surface area contributed by atoms with Gasteiger partial charge in [0, 0.05) is 0 Å². The van der Waals surface area contributed by atoms with Gasteiger partial charge in [-0.2, -0.15) is 0 Å². The fourth-order valence-electron chi connectivity index (χ4n) is 3.09. The van der Waals surface area contributed by atoms with Gasteiger partial charge in [-0.3, -0.25) is 0 Å². The molecule has 1 nitrogen and oxygen atoms in total. The third-order valence-electron chi connectivity index (χ3n) is 4.47. The fraction of sp³-hybridized carbons (Fsp3) is 0.733. The highest BCUT2D eigenvalue weighted by atomic mass is 15.3. The summed E-state index contributed by atoms with van der Waals surface area (Å²) in [6.45, 7) is 5.99. The van der Waals surface area contributed by atoms with Crippen LogP contribution in [-0.2, 0) is 0 Å². The lowest BCUT2D eigenvalue weighted by Gasteiger charge is -2.56. The first kappa shape index (κ1) is 11.9. The van der Waals surface area contributed by atoms with Crippen molar-refractivity contribution in [2.75, 3.05) is 27.7 Å². The average Bonchev–Trinajstić information content (AvgIpc) is 2.15. The summed E-state index contributed by atoms with van der Waals surface area (Å²) in [7, 11) is 6.72.